The van der Waals surface area contributed by atoms with E-state index >= 15 is 0 Å². The minimum absolute atomic E-state index is 0.0742. The molecule has 0 aliphatic carbocycles. The SMILES string of the molecule is CCc1nc(C)oc1C(=O)Nc1nc2cc(C(N)=O)cc(OCCCO)c2n1CC=CCn1c(NC(=O)c2cc(C)nn2CC)nc2ccccc21. The Labute approximate surface area is 298 Å². The minimum Gasteiger partial charge on any atom is -0.491 e. The van der Waals surface area contributed by atoms with Crippen LogP contribution in [0.4, 0.5) is 11.9 Å². The van der Waals surface area contributed by atoms with Crippen LogP contribution in [0.5, 0.6) is 5.75 Å². The standard InChI is InChI=1S/C36H40N10O6/c1-5-24-31(52-22(4)38-24)34(50)42-36-40-26-19-23(32(37)48)20-29(51-17-11-16-47)30(26)45(36)15-10-9-14-44-27-13-8-7-12-25(27)39-35(44)41-33(49)28-18-21(3)43-46(28)6-2/h7-10,12-13,18-20,47H,5-6,11,14-17H2,1-4H3,(H2,37,48)(H,39,41,49)(H,40,42,50). The second-order valence-corrected chi connectivity index (χ2v) is 11.9. The number of nitrogens with two attached hydrogens (primary N) is 1. The number of carbonyl (C=O) groups excluding carboxylic acids is 3. The molecule has 4 aromatic heterocycles. The van der Waals surface area contributed by atoms with Crippen molar-refractivity contribution in [3.05, 3.63) is 88.9 Å². The Bertz CT molecular complexity index is 2310. The Balaban J connectivity index is 1.35. The molecule has 0 aliphatic heterocycles. The first kappa shape index (κ1) is 35.5. The minimum atomic E-state index is -0.677. The molecule has 270 valence electrons. The van der Waals surface area contributed by atoms with Crippen LogP contribution in [0.3, 0.4) is 0 Å². The summed E-state index contributed by atoms with van der Waals surface area (Å²) in [4.78, 5) is 52.7. The average Bonchev–Trinajstić information content (AvgIpc) is 3.89. The lowest BCUT2D eigenvalue weighted by atomic mass is 10.1. The number of hydrogen-bond donors (Lipinski definition) is 4. The maximum Gasteiger partial charge on any atom is 0.295 e. The topological polar surface area (TPSA) is 210 Å². The molecule has 0 radical (unpaired) electrons. The molecule has 52 heavy (non-hydrogen) atoms. The molecular formula is C36H40N10O6. The molecule has 0 fully saturated rings. The largest absolute Gasteiger partial charge is 0.491 e. The lowest BCUT2D eigenvalue weighted by Gasteiger charge is -2.12. The highest BCUT2D eigenvalue weighted by atomic mass is 16.5. The molecule has 16 nitrogen and oxygen atoms in total. The fourth-order valence-electron chi connectivity index (χ4n) is 5.90. The van der Waals surface area contributed by atoms with Gasteiger partial charge in [0, 0.05) is 45.1 Å². The van der Waals surface area contributed by atoms with Gasteiger partial charge in [0.2, 0.25) is 23.6 Å². The number of ether oxygens (including phenoxy) is 1. The van der Waals surface area contributed by atoms with Gasteiger partial charge in [-0.05, 0) is 50.6 Å². The van der Waals surface area contributed by atoms with Crippen molar-refractivity contribution in [1.29, 1.82) is 0 Å². The van der Waals surface area contributed by atoms with Crippen LogP contribution in [0.1, 0.15) is 68.9 Å². The number of aliphatic hydroxyl groups is 1. The van der Waals surface area contributed by atoms with Gasteiger partial charge in [0.15, 0.2) is 5.89 Å². The van der Waals surface area contributed by atoms with E-state index in [1.54, 1.807) is 22.2 Å². The van der Waals surface area contributed by atoms with Crippen molar-refractivity contribution >= 4 is 51.7 Å². The van der Waals surface area contributed by atoms with Crippen LogP contribution < -0.4 is 21.1 Å². The molecule has 0 unspecified atom stereocenters. The summed E-state index contributed by atoms with van der Waals surface area (Å²) < 4.78 is 16.9. The number of imidazole rings is 2. The zero-order valence-electron chi connectivity index (χ0n) is 29.3. The Morgan fingerprint density at radius 2 is 1.65 bits per heavy atom. The molecule has 6 aromatic rings. The summed E-state index contributed by atoms with van der Waals surface area (Å²) in [5, 5.41) is 19.6. The summed E-state index contributed by atoms with van der Waals surface area (Å²) in [5.41, 5.74) is 9.85. The van der Waals surface area contributed by atoms with Crippen molar-refractivity contribution in [3.63, 3.8) is 0 Å². The van der Waals surface area contributed by atoms with Crippen molar-refractivity contribution in [2.75, 3.05) is 23.8 Å². The maximum atomic E-state index is 13.5. The summed E-state index contributed by atoms with van der Waals surface area (Å²) in [7, 11) is 0. The van der Waals surface area contributed by atoms with E-state index in [1.165, 1.54) is 12.1 Å². The Hall–Kier alpha value is -6.29. The number of para-hydroxylation sites is 2. The van der Waals surface area contributed by atoms with E-state index in [0.717, 1.165) is 11.2 Å². The van der Waals surface area contributed by atoms with Crippen molar-refractivity contribution in [1.82, 2.24) is 33.9 Å². The molecule has 16 heteroatoms. The lowest BCUT2D eigenvalue weighted by Crippen LogP contribution is -2.19. The van der Waals surface area contributed by atoms with Crippen LogP contribution in [0.25, 0.3) is 22.1 Å². The molecule has 0 atom stereocenters. The molecule has 0 saturated heterocycles. The number of nitrogens with one attached hydrogen (secondary N) is 2. The van der Waals surface area contributed by atoms with E-state index in [2.05, 4.69) is 30.7 Å². The highest BCUT2D eigenvalue weighted by Gasteiger charge is 2.24. The number of amides is 3. The third-order valence-electron chi connectivity index (χ3n) is 8.28. The zero-order valence-corrected chi connectivity index (χ0v) is 29.3. The van der Waals surface area contributed by atoms with E-state index in [0.29, 0.717) is 71.5 Å². The van der Waals surface area contributed by atoms with Crippen molar-refractivity contribution in [2.45, 2.75) is 60.2 Å². The number of benzene rings is 2. The predicted octanol–water partition coefficient (Wildman–Crippen LogP) is 4.39. The second kappa shape index (κ2) is 15.3. The number of oxazole rings is 1. The molecule has 0 bridgehead atoms. The van der Waals surface area contributed by atoms with Gasteiger partial charge in [-0.25, -0.2) is 15.0 Å². The van der Waals surface area contributed by atoms with Crippen molar-refractivity contribution < 1.29 is 28.6 Å². The molecule has 4 heterocycles. The van der Waals surface area contributed by atoms with Gasteiger partial charge in [-0.2, -0.15) is 5.10 Å². The number of allylic oxidation sites excluding steroid dienone is 2. The summed E-state index contributed by atoms with van der Waals surface area (Å²) in [6.45, 7) is 8.44. The number of anilines is 2. The van der Waals surface area contributed by atoms with Gasteiger partial charge < -0.3 is 29.1 Å². The van der Waals surface area contributed by atoms with E-state index in [-0.39, 0.29) is 42.9 Å². The van der Waals surface area contributed by atoms with Gasteiger partial charge >= 0.3 is 0 Å². The third kappa shape index (κ3) is 7.27. The van der Waals surface area contributed by atoms with Crippen LogP contribution in [-0.2, 0) is 26.1 Å². The molecule has 3 amide bonds. The quantitative estimate of drug-likeness (QED) is 0.0873. The molecule has 5 N–H and O–H groups in total. The van der Waals surface area contributed by atoms with Crippen LogP contribution in [0, 0.1) is 13.8 Å². The predicted molar refractivity (Wildman–Crippen MR) is 193 cm³/mol. The molecule has 0 spiro atoms. The van der Waals surface area contributed by atoms with Gasteiger partial charge in [0.1, 0.15) is 17.0 Å². The first-order valence-corrected chi connectivity index (χ1v) is 16.9. The fourth-order valence-corrected chi connectivity index (χ4v) is 5.90. The Morgan fingerprint density at radius 1 is 0.942 bits per heavy atom. The van der Waals surface area contributed by atoms with Crippen molar-refractivity contribution in [3.8, 4) is 5.75 Å². The highest BCUT2D eigenvalue weighted by molar-refractivity contribution is 6.04. The first-order chi connectivity index (χ1) is 25.1. The van der Waals surface area contributed by atoms with Crippen LogP contribution >= 0.6 is 0 Å². The van der Waals surface area contributed by atoms with Crippen molar-refractivity contribution in [2.24, 2.45) is 5.73 Å². The van der Waals surface area contributed by atoms with E-state index in [4.69, 9.17) is 14.9 Å². The van der Waals surface area contributed by atoms with Gasteiger partial charge in [-0.3, -0.25) is 29.7 Å². The number of nitrogens with zero attached hydrogens (tertiary/aromatic N) is 7. The zero-order chi connectivity index (χ0) is 36.9. The monoisotopic (exact) mass is 708 g/mol. The molecular weight excluding hydrogens is 668 g/mol. The van der Waals surface area contributed by atoms with Crippen LogP contribution in [0.2, 0.25) is 0 Å². The van der Waals surface area contributed by atoms with E-state index in [1.807, 2.05) is 61.8 Å². The summed E-state index contributed by atoms with van der Waals surface area (Å²) in [6.07, 6.45) is 4.61. The van der Waals surface area contributed by atoms with E-state index < -0.39 is 11.8 Å². The number of aliphatic hydroxyl groups excluding tert-OH is 1. The second-order valence-electron chi connectivity index (χ2n) is 11.9. The number of fused-ring (bicyclic) bond motifs is 2. The number of aryl methyl sites for hydroxylation is 4. The molecule has 6 rings (SSSR count). The van der Waals surface area contributed by atoms with Gasteiger partial charge in [0.05, 0.1) is 34.5 Å². The summed E-state index contributed by atoms with van der Waals surface area (Å²) >= 11 is 0. The smallest absolute Gasteiger partial charge is 0.295 e. The summed E-state index contributed by atoms with van der Waals surface area (Å²) in [6, 6.07) is 12.4. The molecule has 2 aromatic carbocycles. The number of hydrogen-bond acceptors (Lipinski definition) is 10. The van der Waals surface area contributed by atoms with Crippen LogP contribution in [0.15, 0.2) is 59.0 Å². The number of carbonyl (C=O) groups is 3. The maximum absolute atomic E-state index is 13.5. The van der Waals surface area contributed by atoms with Gasteiger partial charge in [0.25, 0.3) is 11.8 Å². The van der Waals surface area contributed by atoms with Gasteiger partial charge in [-0.15, -0.1) is 0 Å². The number of rotatable bonds is 15. The van der Waals surface area contributed by atoms with E-state index in [9.17, 15) is 19.5 Å². The van der Waals surface area contributed by atoms with Gasteiger partial charge in [-0.1, -0.05) is 31.2 Å². The third-order valence-corrected chi connectivity index (χ3v) is 8.28. The number of primary amides is 1. The molecule has 0 saturated carbocycles. The first-order valence-electron chi connectivity index (χ1n) is 16.9. The van der Waals surface area contributed by atoms with Crippen LogP contribution in [-0.4, -0.2) is 69.9 Å². The fraction of sp³-hybridized carbons (Fsp3) is 0.306. The number of aromatic nitrogens is 7. The Kier molecular flexibility index (Phi) is 10.5. The highest BCUT2D eigenvalue weighted by Crippen LogP contribution is 2.32. The normalized spacial score (nSPS) is 11.6. The average molecular weight is 709 g/mol. The summed E-state index contributed by atoms with van der Waals surface area (Å²) in [5.74, 6) is -0.278. The molecule has 0 aliphatic rings. The lowest BCUT2D eigenvalue weighted by molar-refractivity contribution is 0.0987. The Morgan fingerprint density at radius 3 is 2.38 bits per heavy atom.